The van der Waals surface area contributed by atoms with Crippen LogP contribution in [0.4, 0.5) is 0 Å². The number of nitrogens with zero attached hydrogens (tertiary/aromatic N) is 4. The van der Waals surface area contributed by atoms with E-state index in [1.54, 1.807) is 0 Å². The van der Waals surface area contributed by atoms with E-state index in [9.17, 15) is 25.3 Å². The van der Waals surface area contributed by atoms with Crippen LogP contribution in [0, 0.1) is 0 Å². The topological polar surface area (TPSA) is 192 Å². The Morgan fingerprint density at radius 3 is 1.81 bits per heavy atom. The number of hydrogen-bond donors (Lipinski definition) is 0. The second-order valence-electron chi connectivity index (χ2n) is 12.4. The molecule has 1 fully saturated rings. The highest BCUT2D eigenvalue weighted by Gasteiger charge is 2.55. The van der Waals surface area contributed by atoms with Crippen molar-refractivity contribution in [3.63, 3.8) is 0 Å². The van der Waals surface area contributed by atoms with Crippen LogP contribution < -0.4 is 14.6 Å². The van der Waals surface area contributed by atoms with Crippen LogP contribution >= 0.6 is 0 Å². The van der Waals surface area contributed by atoms with Gasteiger partial charge in [-0.3, -0.25) is 12.9 Å². The van der Waals surface area contributed by atoms with Crippen molar-refractivity contribution >= 4 is 60.2 Å². The molecule has 0 radical (unpaired) electrons. The maximum Gasteiger partial charge on any atom is 0.307 e. The highest BCUT2D eigenvalue weighted by molar-refractivity contribution is 7.86. The zero-order chi connectivity index (χ0) is 35.1. The summed E-state index contributed by atoms with van der Waals surface area (Å²) < 4.78 is 105. The molecule has 0 unspecified atom stereocenters. The fraction of sp³-hybridized carbons (Fsp3) is 0.414. The van der Waals surface area contributed by atoms with Gasteiger partial charge in [-0.1, -0.05) is 81.4 Å². The van der Waals surface area contributed by atoms with Crippen LogP contribution in [0.25, 0.3) is 11.2 Å². The Balaban J connectivity index is 1.63. The molecule has 0 spiro atoms. The quantitative estimate of drug-likeness (QED) is 0.149. The second kappa shape index (κ2) is 13.2. The average Bonchev–Trinajstić information content (AvgIpc) is 3.53. The number of fused-ring (bicyclic) bond motifs is 1. The highest BCUT2D eigenvalue weighted by Crippen LogP contribution is 2.41. The molecule has 0 bridgehead atoms. The van der Waals surface area contributed by atoms with Gasteiger partial charge in [-0.15, -0.1) is 0 Å². The number of rotatable bonds is 12. The molecule has 5 rings (SSSR count). The van der Waals surface area contributed by atoms with Crippen molar-refractivity contribution in [3.8, 4) is 5.88 Å². The van der Waals surface area contributed by atoms with Gasteiger partial charge in [0.2, 0.25) is 0 Å². The zero-order valence-corrected chi connectivity index (χ0v) is 30.4. The van der Waals surface area contributed by atoms with E-state index in [0.29, 0.717) is 0 Å². The molecule has 1 aliphatic rings. The summed E-state index contributed by atoms with van der Waals surface area (Å²) in [6.45, 7) is 5.94. The molecule has 0 saturated carbocycles. The lowest BCUT2D eigenvalue weighted by atomic mass is 10.1. The number of hydrogen-bond acceptors (Lipinski definition) is 14. The standard InChI is InChI=1S/C29H36N4O11S3Si/c1-29(2,3)48(20-13-9-7-10-14-20,21-15-11-8-12-16-21)40-17-22-24(42-45(4,34)35)25(43-46(5,36)37)28(41-22)33-19-32-23-26(33)30-18-31-27(23)44-47(6,38)39/h7-16,18-19,22,24-25,28H,17H2,1-6H3/t22-,24-,25-,28-/m1/s1. The van der Waals surface area contributed by atoms with E-state index in [1.807, 2.05) is 60.7 Å². The fourth-order valence-corrected chi connectivity index (χ4v) is 12.1. The lowest BCUT2D eigenvalue weighted by Gasteiger charge is -2.43. The molecule has 260 valence electrons. The monoisotopic (exact) mass is 740 g/mol. The van der Waals surface area contributed by atoms with Gasteiger partial charge in [0.25, 0.3) is 34.4 Å². The van der Waals surface area contributed by atoms with E-state index in [-0.39, 0.29) is 23.7 Å². The Kier molecular flexibility index (Phi) is 9.89. The van der Waals surface area contributed by atoms with Gasteiger partial charge in [0.15, 0.2) is 23.5 Å². The van der Waals surface area contributed by atoms with Crippen LogP contribution in [-0.2, 0) is 47.9 Å². The van der Waals surface area contributed by atoms with Crippen LogP contribution in [0.1, 0.15) is 27.0 Å². The van der Waals surface area contributed by atoms with Gasteiger partial charge in [0.1, 0.15) is 18.5 Å². The summed E-state index contributed by atoms with van der Waals surface area (Å²) in [4.78, 5) is 12.2. The lowest BCUT2D eigenvalue weighted by Crippen LogP contribution is -2.67. The summed E-state index contributed by atoms with van der Waals surface area (Å²) in [6.07, 6.45) is -1.03. The third-order valence-corrected chi connectivity index (χ3v) is 14.2. The van der Waals surface area contributed by atoms with E-state index >= 15 is 0 Å². The predicted octanol–water partition coefficient (Wildman–Crippen LogP) is 1.33. The third kappa shape index (κ3) is 7.78. The highest BCUT2D eigenvalue weighted by atomic mass is 32.2. The summed E-state index contributed by atoms with van der Waals surface area (Å²) in [5.41, 5.74) is -0.0976. The van der Waals surface area contributed by atoms with Crippen molar-refractivity contribution in [2.24, 2.45) is 0 Å². The zero-order valence-electron chi connectivity index (χ0n) is 26.9. The Hall–Kier alpha value is -3.30. The molecular weight excluding hydrogens is 705 g/mol. The molecular formula is C29H36N4O11S3Si. The molecule has 15 nitrogen and oxygen atoms in total. The minimum atomic E-state index is -4.24. The maximum atomic E-state index is 12.6. The minimum Gasteiger partial charge on any atom is -0.405 e. The average molecular weight is 741 g/mol. The van der Waals surface area contributed by atoms with E-state index in [4.69, 9.17) is 21.7 Å². The van der Waals surface area contributed by atoms with E-state index in [1.165, 1.54) is 10.9 Å². The SMILES string of the molecule is CC(C)(C)[Si](OC[C@H]1O[C@@H](n2cnc3c(OS(C)(=O)=O)ncnc32)[C@H](OS(C)(=O)=O)[C@@H]1OS(C)(=O)=O)(c1ccccc1)c1ccccc1. The minimum absolute atomic E-state index is 0.0117. The number of aromatic nitrogens is 4. The lowest BCUT2D eigenvalue weighted by molar-refractivity contribution is -0.0439. The van der Waals surface area contributed by atoms with Crippen molar-refractivity contribution in [3.05, 3.63) is 73.3 Å². The van der Waals surface area contributed by atoms with Crippen LogP contribution in [0.3, 0.4) is 0 Å². The first kappa shape index (κ1) is 36.0. The first-order chi connectivity index (χ1) is 22.3. The largest absolute Gasteiger partial charge is 0.405 e. The second-order valence-corrected chi connectivity index (χ2v) is 21.4. The van der Waals surface area contributed by atoms with Gasteiger partial charge < -0.3 is 13.3 Å². The van der Waals surface area contributed by atoms with E-state index in [2.05, 4.69) is 35.7 Å². The number of ether oxygens (including phenoxy) is 1. The molecule has 1 saturated heterocycles. The summed E-state index contributed by atoms with van der Waals surface area (Å²) >= 11 is 0. The van der Waals surface area contributed by atoms with Gasteiger partial charge in [-0.25, -0.2) is 9.97 Å². The van der Waals surface area contributed by atoms with Gasteiger partial charge >= 0.3 is 10.1 Å². The van der Waals surface area contributed by atoms with Gasteiger partial charge in [0, 0.05) is 0 Å². The van der Waals surface area contributed by atoms with E-state index < -0.39 is 68.2 Å². The first-order valence-corrected chi connectivity index (χ1v) is 21.9. The molecule has 4 aromatic rings. The van der Waals surface area contributed by atoms with Crippen LogP contribution in [-0.4, -0.2) is 96.8 Å². The van der Waals surface area contributed by atoms with Crippen molar-refractivity contribution in [2.75, 3.05) is 25.4 Å². The van der Waals surface area contributed by atoms with Crippen molar-refractivity contribution in [1.29, 1.82) is 0 Å². The molecule has 2 aromatic carbocycles. The molecule has 0 aliphatic carbocycles. The van der Waals surface area contributed by atoms with E-state index in [0.717, 1.165) is 35.5 Å². The Bertz CT molecular complexity index is 2050. The Morgan fingerprint density at radius 1 is 0.771 bits per heavy atom. The summed E-state index contributed by atoms with van der Waals surface area (Å²) in [7, 11) is -15.7. The molecule has 2 aromatic heterocycles. The summed E-state index contributed by atoms with van der Waals surface area (Å²) in [5.74, 6) is -0.379. The Morgan fingerprint density at radius 2 is 1.31 bits per heavy atom. The summed E-state index contributed by atoms with van der Waals surface area (Å²) in [5, 5.41) is 1.42. The number of benzene rings is 2. The molecule has 1 aliphatic heterocycles. The Labute approximate surface area is 280 Å². The van der Waals surface area contributed by atoms with Crippen molar-refractivity contribution in [1.82, 2.24) is 19.5 Å². The predicted molar refractivity (Wildman–Crippen MR) is 178 cm³/mol. The van der Waals surface area contributed by atoms with Crippen molar-refractivity contribution < 1.29 is 47.0 Å². The molecule has 3 heterocycles. The van der Waals surface area contributed by atoms with Gasteiger partial charge in [0.05, 0.1) is 31.7 Å². The molecule has 0 N–H and O–H groups in total. The molecule has 0 amide bonds. The number of imidazole rings is 1. The molecule has 19 heteroatoms. The maximum absolute atomic E-state index is 12.6. The third-order valence-electron chi connectivity index (χ3n) is 7.57. The normalized spacial score (nSPS) is 21.0. The van der Waals surface area contributed by atoms with Crippen molar-refractivity contribution in [2.45, 2.75) is 50.3 Å². The van der Waals surface area contributed by atoms with Crippen LogP contribution in [0.15, 0.2) is 73.3 Å². The molecule has 48 heavy (non-hydrogen) atoms. The fourth-order valence-electron chi connectivity index (χ4n) is 5.88. The van der Waals surface area contributed by atoms with Crippen LogP contribution in [0.2, 0.25) is 5.04 Å². The van der Waals surface area contributed by atoms with Crippen LogP contribution in [0.5, 0.6) is 5.88 Å². The van der Waals surface area contributed by atoms with Gasteiger partial charge in [-0.2, -0.15) is 30.2 Å². The smallest absolute Gasteiger partial charge is 0.307 e. The van der Waals surface area contributed by atoms with Gasteiger partial charge in [-0.05, 0) is 15.4 Å². The first-order valence-electron chi connectivity index (χ1n) is 14.5. The molecule has 4 atom stereocenters. The summed E-state index contributed by atoms with van der Waals surface area (Å²) in [6, 6.07) is 19.4.